The molecule has 0 spiro atoms. The van der Waals surface area contributed by atoms with E-state index in [2.05, 4.69) is 13.8 Å². The molecule has 1 aliphatic heterocycles. The van der Waals surface area contributed by atoms with Gasteiger partial charge in [0, 0.05) is 5.41 Å². The Kier molecular flexibility index (Phi) is 3.06. The van der Waals surface area contributed by atoms with Gasteiger partial charge in [-0.1, -0.05) is 13.8 Å². The molecule has 0 amide bonds. The van der Waals surface area contributed by atoms with E-state index in [1.165, 1.54) is 25.7 Å². The smallest absolute Gasteiger partial charge is 0.164 e. The third-order valence-electron chi connectivity index (χ3n) is 9.59. The number of Topliss-reactive ketones (excluding diaryl/α,β-unsaturated/α-hetero) is 1. The molecule has 0 radical (unpaired) electrons. The van der Waals surface area contributed by atoms with Crippen molar-refractivity contribution in [3.8, 4) is 0 Å². The van der Waals surface area contributed by atoms with Gasteiger partial charge in [-0.2, -0.15) is 0 Å². The quantitative estimate of drug-likeness (QED) is 0.745. The fourth-order valence-electron chi connectivity index (χ4n) is 8.30. The van der Waals surface area contributed by atoms with Crippen LogP contribution in [0.1, 0.15) is 72.1 Å². The highest BCUT2D eigenvalue weighted by molar-refractivity contribution is 5.90. The molecule has 0 aromatic heterocycles. The number of epoxide rings is 1. The summed E-state index contributed by atoms with van der Waals surface area (Å²) in [7, 11) is 0. The van der Waals surface area contributed by atoms with Gasteiger partial charge in [-0.05, 0) is 87.4 Å². The fraction of sp³-hybridized carbons (Fsp3) is 0.952. The molecule has 9 atom stereocenters. The first kappa shape index (κ1) is 15.8. The summed E-state index contributed by atoms with van der Waals surface area (Å²) in [4.78, 5) is 12.4. The number of fused-ring (bicyclic) bond motifs is 7. The lowest BCUT2D eigenvalue weighted by Crippen LogP contribution is -2.56. The molecular weight excluding hydrogens is 300 g/mol. The summed E-state index contributed by atoms with van der Waals surface area (Å²) in [6.45, 7) is 6.64. The highest BCUT2D eigenvalue weighted by atomic mass is 16.6. The Morgan fingerprint density at radius 2 is 1.83 bits per heavy atom. The van der Waals surface area contributed by atoms with Crippen molar-refractivity contribution in [1.82, 2.24) is 0 Å². The number of rotatable bonds is 1. The van der Waals surface area contributed by atoms with Crippen LogP contribution in [0.5, 0.6) is 0 Å². The van der Waals surface area contributed by atoms with Crippen molar-refractivity contribution in [3.63, 3.8) is 0 Å². The second-order valence-corrected chi connectivity index (χ2v) is 10.2. The van der Waals surface area contributed by atoms with Crippen molar-refractivity contribution in [1.29, 1.82) is 0 Å². The molecule has 0 aromatic rings. The molecule has 3 nitrogen and oxygen atoms in total. The number of hydrogen-bond acceptors (Lipinski definition) is 3. The molecule has 0 bridgehead atoms. The van der Waals surface area contributed by atoms with E-state index >= 15 is 0 Å². The zero-order chi connectivity index (χ0) is 16.9. The van der Waals surface area contributed by atoms with Gasteiger partial charge in [0.2, 0.25) is 0 Å². The van der Waals surface area contributed by atoms with Crippen LogP contribution in [0.4, 0.5) is 0 Å². The summed E-state index contributed by atoms with van der Waals surface area (Å²) in [6, 6.07) is 0. The van der Waals surface area contributed by atoms with Crippen LogP contribution in [0, 0.1) is 34.5 Å². The van der Waals surface area contributed by atoms with Gasteiger partial charge >= 0.3 is 0 Å². The molecule has 5 rings (SSSR count). The van der Waals surface area contributed by atoms with E-state index in [-0.39, 0.29) is 23.4 Å². The van der Waals surface area contributed by atoms with Crippen molar-refractivity contribution in [3.05, 3.63) is 0 Å². The number of ketones is 1. The van der Waals surface area contributed by atoms with E-state index in [1.54, 1.807) is 6.92 Å². The van der Waals surface area contributed by atoms with Gasteiger partial charge in [0.1, 0.15) is 0 Å². The highest BCUT2D eigenvalue weighted by Gasteiger charge is 2.79. The molecule has 5 aliphatic rings. The summed E-state index contributed by atoms with van der Waals surface area (Å²) in [5.74, 6) is 3.22. The van der Waals surface area contributed by atoms with E-state index in [9.17, 15) is 9.90 Å². The van der Waals surface area contributed by atoms with Gasteiger partial charge in [-0.3, -0.25) is 4.79 Å². The van der Waals surface area contributed by atoms with Crippen LogP contribution in [0.3, 0.4) is 0 Å². The molecule has 1 heterocycles. The third-order valence-corrected chi connectivity index (χ3v) is 9.59. The van der Waals surface area contributed by atoms with Crippen molar-refractivity contribution >= 4 is 5.78 Å². The Labute approximate surface area is 145 Å². The van der Waals surface area contributed by atoms with Crippen LogP contribution in [0.15, 0.2) is 0 Å². The van der Waals surface area contributed by atoms with Crippen LogP contribution in [0.25, 0.3) is 0 Å². The van der Waals surface area contributed by atoms with Gasteiger partial charge in [-0.15, -0.1) is 0 Å². The van der Waals surface area contributed by atoms with Crippen LogP contribution in [-0.4, -0.2) is 28.7 Å². The lowest BCUT2D eigenvalue weighted by molar-refractivity contribution is -0.151. The first-order valence-electron chi connectivity index (χ1n) is 10.2. The number of aliphatic hydroxyl groups excluding tert-OH is 1. The van der Waals surface area contributed by atoms with Crippen LogP contribution in [-0.2, 0) is 9.53 Å². The Morgan fingerprint density at radius 1 is 1.04 bits per heavy atom. The Bertz CT molecular complexity index is 588. The maximum atomic E-state index is 12.4. The number of ether oxygens (including phenoxy) is 1. The van der Waals surface area contributed by atoms with Crippen LogP contribution >= 0.6 is 0 Å². The molecule has 0 unspecified atom stereocenters. The predicted molar refractivity (Wildman–Crippen MR) is 91.4 cm³/mol. The van der Waals surface area contributed by atoms with Gasteiger partial charge in [0.05, 0.1) is 12.2 Å². The van der Waals surface area contributed by atoms with Crippen molar-refractivity contribution in [2.75, 3.05) is 0 Å². The van der Waals surface area contributed by atoms with Crippen molar-refractivity contribution in [2.45, 2.75) is 89.9 Å². The Hall–Kier alpha value is -0.410. The second-order valence-electron chi connectivity index (χ2n) is 10.2. The molecule has 1 saturated heterocycles. The maximum absolute atomic E-state index is 12.4. The lowest BCUT2D eigenvalue weighted by Gasteiger charge is -2.61. The number of aliphatic hydroxyl groups is 1. The average Bonchev–Trinajstić information content (AvgIpc) is 3.21. The molecule has 5 fully saturated rings. The first-order chi connectivity index (χ1) is 11.3. The van der Waals surface area contributed by atoms with E-state index in [1.807, 2.05) is 0 Å². The third kappa shape index (κ3) is 1.65. The van der Waals surface area contributed by atoms with E-state index < -0.39 is 5.60 Å². The van der Waals surface area contributed by atoms with Gasteiger partial charge in [0.15, 0.2) is 11.4 Å². The molecule has 4 saturated carbocycles. The first-order valence-corrected chi connectivity index (χ1v) is 10.2. The summed E-state index contributed by atoms with van der Waals surface area (Å²) < 4.78 is 6.02. The minimum absolute atomic E-state index is 0.0676. The molecule has 1 N–H and O–H groups in total. The highest BCUT2D eigenvalue weighted by Crippen LogP contribution is 2.73. The van der Waals surface area contributed by atoms with E-state index in [0.29, 0.717) is 17.3 Å². The van der Waals surface area contributed by atoms with Gasteiger partial charge in [-0.25, -0.2) is 0 Å². The van der Waals surface area contributed by atoms with Crippen molar-refractivity contribution in [2.24, 2.45) is 34.5 Å². The van der Waals surface area contributed by atoms with Crippen LogP contribution < -0.4 is 0 Å². The minimum Gasteiger partial charge on any atom is -0.393 e. The number of carbonyl (C=O) groups excluding carboxylic acids is 1. The van der Waals surface area contributed by atoms with Gasteiger partial charge < -0.3 is 9.84 Å². The van der Waals surface area contributed by atoms with Crippen LogP contribution in [0.2, 0.25) is 0 Å². The Morgan fingerprint density at radius 3 is 2.58 bits per heavy atom. The zero-order valence-corrected chi connectivity index (χ0v) is 15.4. The zero-order valence-electron chi connectivity index (χ0n) is 15.4. The summed E-state index contributed by atoms with van der Waals surface area (Å²) >= 11 is 0. The number of hydrogen-bond donors (Lipinski definition) is 1. The molecular formula is C21H32O3. The molecule has 3 heteroatoms. The molecule has 24 heavy (non-hydrogen) atoms. The second kappa shape index (κ2) is 4.65. The van der Waals surface area contributed by atoms with E-state index in [0.717, 1.165) is 37.5 Å². The molecule has 0 aromatic carbocycles. The standard InChI is InChI=1S/C21H32O3/c1-12(22)21-18(24-21)11-17-15-5-4-13-10-14(23)6-8-19(13,2)16(15)7-9-20(17,21)3/h13-18,23H,4-11H2,1-3H3/t13-,14-,15+,16-,17-,18-,19-,20-,21+/m0/s1. The van der Waals surface area contributed by atoms with Gasteiger partial charge in [0.25, 0.3) is 0 Å². The van der Waals surface area contributed by atoms with E-state index in [4.69, 9.17) is 4.74 Å². The molecule has 134 valence electrons. The monoisotopic (exact) mass is 332 g/mol. The Balaban J connectivity index is 1.47. The largest absolute Gasteiger partial charge is 0.393 e. The predicted octanol–water partition coefficient (Wildman–Crippen LogP) is 3.73. The molecule has 4 aliphatic carbocycles. The summed E-state index contributed by atoms with van der Waals surface area (Å²) in [6.07, 6.45) is 9.45. The lowest BCUT2D eigenvalue weighted by atomic mass is 9.44. The fourth-order valence-corrected chi connectivity index (χ4v) is 8.30. The summed E-state index contributed by atoms with van der Waals surface area (Å²) in [5.41, 5.74) is 0.0612. The topological polar surface area (TPSA) is 49.8 Å². The SMILES string of the molecule is CC(=O)[C@@]12O[C@H]1C[C@H]1[C@@H]3CC[C@H]4C[C@@H](O)CC[C@]4(C)[C@H]3CC[C@@]12C. The normalized spacial score (nSPS) is 61.3. The average molecular weight is 332 g/mol. The summed E-state index contributed by atoms with van der Waals surface area (Å²) in [5, 5.41) is 10.1. The number of carbonyl (C=O) groups is 1. The minimum atomic E-state index is -0.427. The van der Waals surface area contributed by atoms with Crippen molar-refractivity contribution < 1.29 is 14.6 Å². The maximum Gasteiger partial charge on any atom is 0.164 e.